The van der Waals surface area contributed by atoms with Crippen molar-refractivity contribution in [3.63, 3.8) is 0 Å². The number of rotatable bonds is 3. The van der Waals surface area contributed by atoms with Crippen LogP contribution < -0.4 is 10.5 Å². The Morgan fingerprint density at radius 2 is 1.90 bits per heavy atom. The molecule has 2 aromatic carbocycles. The average molecular weight is 357 g/mol. The minimum absolute atomic E-state index is 0.242. The fourth-order valence-corrected chi connectivity index (χ4v) is 2.29. The molecular weight excluding hydrogens is 346 g/mol. The lowest BCUT2D eigenvalue weighted by Crippen LogP contribution is -2.04. The molecule has 0 saturated carbocycles. The number of hydrogen-bond donors (Lipinski definition) is 1. The van der Waals surface area contributed by atoms with Crippen molar-refractivity contribution >= 4 is 39.2 Å². The Bertz CT molecular complexity index is 661. The summed E-state index contributed by atoms with van der Waals surface area (Å²) in [4.78, 5) is 11.7. The van der Waals surface area contributed by atoms with Crippen molar-refractivity contribution in [1.29, 1.82) is 0 Å². The molecule has 4 nitrogen and oxygen atoms in total. The lowest BCUT2D eigenvalue weighted by molar-refractivity contribution is 0.0598. The zero-order chi connectivity index (χ0) is 14.7. The maximum Gasteiger partial charge on any atom is 0.341 e. The van der Waals surface area contributed by atoms with Gasteiger partial charge in [0.25, 0.3) is 0 Å². The molecule has 20 heavy (non-hydrogen) atoms. The number of benzene rings is 2. The summed E-state index contributed by atoms with van der Waals surface area (Å²) >= 11 is 9.39. The maximum atomic E-state index is 11.7. The molecule has 0 aliphatic heterocycles. The summed E-state index contributed by atoms with van der Waals surface area (Å²) in [7, 11) is 1.29. The molecule has 0 unspecified atom stereocenters. The van der Waals surface area contributed by atoms with Crippen molar-refractivity contribution in [2.24, 2.45) is 0 Å². The monoisotopic (exact) mass is 355 g/mol. The molecule has 0 aliphatic rings. The van der Waals surface area contributed by atoms with Crippen LogP contribution >= 0.6 is 27.5 Å². The topological polar surface area (TPSA) is 61.5 Å². The molecule has 0 saturated heterocycles. The third-order valence-electron chi connectivity index (χ3n) is 2.52. The fraction of sp³-hybridized carbons (Fsp3) is 0.0714. The van der Waals surface area contributed by atoms with Crippen LogP contribution in [0.5, 0.6) is 11.5 Å². The van der Waals surface area contributed by atoms with Gasteiger partial charge in [-0.05, 0) is 36.4 Å². The van der Waals surface area contributed by atoms with E-state index in [0.29, 0.717) is 22.2 Å². The van der Waals surface area contributed by atoms with Crippen LogP contribution in [0.4, 0.5) is 5.69 Å². The Labute approximate surface area is 129 Å². The summed E-state index contributed by atoms with van der Waals surface area (Å²) in [6.07, 6.45) is 0. The number of halogens is 2. The summed E-state index contributed by atoms with van der Waals surface area (Å²) in [5.41, 5.74) is 6.35. The Kier molecular flexibility index (Phi) is 4.52. The van der Waals surface area contributed by atoms with E-state index in [1.165, 1.54) is 13.2 Å². The van der Waals surface area contributed by atoms with Crippen molar-refractivity contribution in [3.05, 3.63) is 51.5 Å². The van der Waals surface area contributed by atoms with Gasteiger partial charge in [0, 0.05) is 10.2 Å². The number of ether oxygens (including phenoxy) is 2. The van der Waals surface area contributed by atoms with Gasteiger partial charge in [0.15, 0.2) is 0 Å². The van der Waals surface area contributed by atoms with Crippen LogP contribution in [0.1, 0.15) is 10.4 Å². The molecule has 6 heteroatoms. The lowest BCUT2D eigenvalue weighted by atomic mass is 10.2. The van der Waals surface area contributed by atoms with Crippen LogP contribution in [0, 0.1) is 0 Å². The number of methoxy groups -OCH3 is 1. The first-order valence-electron chi connectivity index (χ1n) is 5.62. The molecule has 0 spiro atoms. The summed E-state index contributed by atoms with van der Waals surface area (Å²) in [5.74, 6) is 0.237. The first-order chi connectivity index (χ1) is 9.51. The van der Waals surface area contributed by atoms with E-state index in [1.807, 2.05) is 0 Å². The lowest BCUT2D eigenvalue weighted by Gasteiger charge is -2.12. The molecule has 0 amide bonds. The van der Waals surface area contributed by atoms with E-state index in [2.05, 4.69) is 15.9 Å². The van der Waals surface area contributed by atoms with Crippen LogP contribution in [-0.4, -0.2) is 13.1 Å². The van der Waals surface area contributed by atoms with Gasteiger partial charge in [0.1, 0.15) is 17.1 Å². The number of carbonyl (C=O) groups is 1. The number of nitrogen functional groups attached to an aromatic ring is 1. The molecular formula is C14H11BrClNO3. The van der Waals surface area contributed by atoms with Crippen molar-refractivity contribution in [1.82, 2.24) is 0 Å². The largest absolute Gasteiger partial charge is 0.465 e. The van der Waals surface area contributed by atoms with E-state index in [0.717, 1.165) is 4.47 Å². The van der Waals surface area contributed by atoms with Crippen molar-refractivity contribution < 1.29 is 14.3 Å². The average Bonchev–Trinajstić information content (AvgIpc) is 2.42. The van der Waals surface area contributed by atoms with E-state index >= 15 is 0 Å². The summed E-state index contributed by atoms with van der Waals surface area (Å²) in [6, 6.07) is 9.91. The van der Waals surface area contributed by atoms with Crippen molar-refractivity contribution in [3.8, 4) is 11.5 Å². The molecule has 0 fully saturated rings. The van der Waals surface area contributed by atoms with Gasteiger partial charge in [-0.2, -0.15) is 0 Å². The van der Waals surface area contributed by atoms with Crippen LogP contribution in [0.3, 0.4) is 0 Å². The van der Waals surface area contributed by atoms with Gasteiger partial charge in [0.2, 0.25) is 0 Å². The first kappa shape index (κ1) is 14.7. The van der Waals surface area contributed by atoms with Crippen LogP contribution in [0.15, 0.2) is 40.9 Å². The van der Waals surface area contributed by atoms with Crippen molar-refractivity contribution in [2.75, 3.05) is 12.8 Å². The highest BCUT2D eigenvalue weighted by atomic mass is 79.9. The SMILES string of the molecule is COC(=O)c1cc(N)ccc1Oc1ccc(Br)cc1Cl. The van der Waals surface area contributed by atoms with Crippen LogP contribution in [-0.2, 0) is 4.74 Å². The van der Waals surface area contributed by atoms with Crippen LogP contribution in [0.2, 0.25) is 5.02 Å². The Morgan fingerprint density at radius 1 is 1.20 bits per heavy atom. The molecule has 2 N–H and O–H groups in total. The van der Waals surface area contributed by atoms with Gasteiger partial charge < -0.3 is 15.2 Å². The molecule has 0 aromatic heterocycles. The highest BCUT2D eigenvalue weighted by molar-refractivity contribution is 9.10. The fourth-order valence-electron chi connectivity index (χ4n) is 1.58. The number of esters is 1. The Hall–Kier alpha value is -1.72. The van der Waals surface area contributed by atoms with E-state index in [4.69, 9.17) is 26.8 Å². The highest BCUT2D eigenvalue weighted by Gasteiger charge is 2.15. The molecule has 0 radical (unpaired) electrons. The smallest absolute Gasteiger partial charge is 0.341 e. The molecule has 2 rings (SSSR count). The predicted molar refractivity (Wildman–Crippen MR) is 81.4 cm³/mol. The Balaban J connectivity index is 2.40. The third kappa shape index (κ3) is 3.23. The summed E-state index contributed by atoms with van der Waals surface area (Å²) in [5, 5.41) is 0.423. The third-order valence-corrected chi connectivity index (χ3v) is 3.31. The minimum atomic E-state index is -0.527. The number of hydrogen-bond acceptors (Lipinski definition) is 4. The van der Waals surface area contributed by atoms with E-state index < -0.39 is 5.97 Å². The second-order valence-electron chi connectivity index (χ2n) is 3.92. The second kappa shape index (κ2) is 6.15. The molecule has 104 valence electrons. The highest BCUT2D eigenvalue weighted by Crippen LogP contribution is 2.34. The van der Waals surface area contributed by atoms with Gasteiger partial charge in [-0.3, -0.25) is 0 Å². The van der Waals surface area contributed by atoms with Crippen molar-refractivity contribution in [2.45, 2.75) is 0 Å². The molecule has 0 bridgehead atoms. The molecule has 2 aromatic rings. The van der Waals surface area contributed by atoms with Gasteiger partial charge in [-0.15, -0.1) is 0 Å². The van der Waals surface area contributed by atoms with Gasteiger partial charge in [-0.1, -0.05) is 27.5 Å². The zero-order valence-corrected chi connectivity index (χ0v) is 12.9. The van der Waals surface area contributed by atoms with Crippen LogP contribution in [0.25, 0.3) is 0 Å². The Morgan fingerprint density at radius 3 is 2.55 bits per heavy atom. The number of nitrogens with two attached hydrogens (primary N) is 1. The van der Waals surface area contributed by atoms with E-state index in [1.54, 1.807) is 30.3 Å². The quantitative estimate of drug-likeness (QED) is 0.659. The summed E-state index contributed by atoms with van der Waals surface area (Å²) in [6.45, 7) is 0. The zero-order valence-electron chi connectivity index (χ0n) is 10.5. The number of carbonyl (C=O) groups excluding carboxylic acids is 1. The summed E-state index contributed by atoms with van der Waals surface area (Å²) < 4.78 is 11.2. The van der Waals surface area contributed by atoms with Gasteiger partial charge in [0.05, 0.1) is 12.1 Å². The molecule has 0 aliphatic carbocycles. The van der Waals surface area contributed by atoms with E-state index in [-0.39, 0.29) is 5.56 Å². The second-order valence-corrected chi connectivity index (χ2v) is 5.25. The predicted octanol–water partition coefficient (Wildman–Crippen LogP) is 4.26. The van der Waals surface area contributed by atoms with Gasteiger partial charge in [-0.25, -0.2) is 4.79 Å². The van der Waals surface area contributed by atoms with E-state index in [9.17, 15) is 4.79 Å². The normalized spacial score (nSPS) is 10.2. The number of anilines is 1. The minimum Gasteiger partial charge on any atom is -0.465 e. The molecule has 0 atom stereocenters. The maximum absolute atomic E-state index is 11.7. The first-order valence-corrected chi connectivity index (χ1v) is 6.79. The van der Waals surface area contributed by atoms with Gasteiger partial charge >= 0.3 is 5.97 Å². The standard InChI is InChI=1S/C14H11BrClNO3/c1-19-14(18)10-7-9(17)3-5-12(10)20-13-4-2-8(15)6-11(13)16/h2-7H,17H2,1H3. The molecule has 0 heterocycles.